The van der Waals surface area contributed by atoms with Gasteiger partial charge in [0.05, 0.1) is 3.79 Å². The number of aromatic nitrogens is 2. The van der Waals surface area contributed by atoms with Crippen LogP contribution in [0.15, 0.2) is 37.8 Å². The number of halogens is 1. The van der Waals surface area contributed by atoms with Crippen molar-refractivity contribution in [2.45, 2.75) is 12.5 Å². The first-order chi connectivity index (χ1) is 11.7. The number of nitrogens with zero attached hydrogens (tertiary/aromatic N) is 1. The third kappa shape index (κ3) is 2.67. The van der Waals surface area contributed by atoms with Crippen LogP contribution in [-0.4, -0.2) is 23.9 Å². The van der Waals surface area contributed by atoms with Gasteiger partial charge in [0.2, 0.25) is 0 Å². The summed E-state index contributed by atoms with van der Waals surface area (Å²) in [4.78, 5) is 0. The minimum Gasteiger partial charge on any atom is -0.452 e. The third-order valence-electron chi connectivity index (χ3n) is 4.11. The molecule has 0 fully saturated rings. The fourth-order valence-corrected chi connectivity index (χ4v) is 3.97. The van der Waals surface area contributed by atoms with Crippen LogP contribution in [0.1, 0.15) is 18.0 Å². The number of thiophene rings is 1. The van der Waals surface area contributed by atoms with Gasteiger partial charge in [0.1, 0.15) is 16.8 Å². The van der Waals surface area contributed by atoms with Gasteiger partial charge in [-0.15, -0.1) is 11.3 Å². The van der Waals surface area contributed by atoms with Gasteiger partial charge in [0.15, 0.2) is 5.58 Å². The zero-order valence-corrected chi connectivity index (χ0v) is 15.4. The fourth-order valence-electron chi connectivity index (χ4n) is 2.83. The smallest absolute Gasteiger partial charge is 0.181 e. The number of rotatable bonds is 5. The van der Waals surface area contributed by atoms with Gasteiger partial charge >= 0.3 is 0 Å². The van der Waals surface area contributed by atoms with Crippen LogP contribution in [0.2, 0.25) is 0 Å². The van der Waals surface area contributed by atoms with Crippen LogP contribution in [0.3, 0.4) is 0 Å². The third-order valence-corrected chi connectivity index (χ3v) is 5.62. The average Bonchev–Trinajstić information content (AvgIpc) is 3.26. The molecule has 0 amide bonds. The summed E-state index contributed by atoms with van der Waals surface area (Å²) in [5.74, 6) is 0. The van der Waals surface area contributed by atoms with E-state index in [1.165, 1.54) is 0 Å². The number of nitrogens with two attached hydrogens (primary N) is 1. The van der Waals surface area contributed by atoms with Crippen molar-refractivity contribution in [1.29, 1.82) is 0 Å². The Labute approximate surface area is 150 Å². The molecule has 0 bridgehead atoms. The van der Waals surface area contributed by atoms with Crippen molar-refractivity contribution in [1.82, 2.24) is 10.2 Å². The van der Waals surface area contributed by atoms with Crippen molar-refractivity contribution < 1.29 is 9.15 Å². The summed E-state index contributed by atoms with van der Waals surface area (Å²) in [5.41, 5.74) is 11.6. The average molecular weight is 406 g/mol. The van der Waals surface area contributed by atoms with Gasteiger partial charge in [-0.3, -0.25) is 5.10 Å². The lowest BCUT2D eigenvalue weighted by molar-refractivity contribution is 0.188. The molecule has 3 heterocycles. The molecule has 0 aliphatic carbocycles. The number of H-pyrrole nitrogens is 1. The molecule has 24 heavy (non-hydrogen) atoms. The Hall–Kier alpha value is -1.67. The van der Waals surface area contributed by atoms with Crippen molar-refractivity contribution in [3.05, 3.63) is 39.0 Å². The largest absolute Gasteiger partial charge is 0.452 e. The van der Waals surface area contributed by atoms with Crippen LogP contribution in [0, 0.1) is 0 Å². The molecule has 1 aromatic carbocycles. The van der Waals surface area contributed by atoms with E-state index in [1.807, 2.05) is 24.3 Å². The van der Waals surface area contributed by atoms with E-state index in [9.17, 15) is 0 Å². The highest BCUT2D eigenvalue weighted by Gasteiger charge is 2.18. The molecule has 3 N–H and O–H groups in total. The Morgan fingerprint density at radius 2 is 2.29 bits per heavy atom. The molecule has 3 aromatic heterocycles. The Morgan fingerprint density at radius 1 is 1.42 bits per heavy atom. The molecule has 0 saturated carbocycles. The second-order valence-electron chi connectivity index (χ2n) is 5.66. The van der Waals surface area contributed by atoms with Gasteiger partial charge < -0.3 is 14.9 Å². The van der Waals surface area contributed by atoms with E-state index in [4.69, 9.17) is 14.9 Å². The Bertz CT molecular complexity index is 1000. The molecular weight excluding hydrogens is 390 g/mol. The van der Waals surface area contributed by atoms with Crippen LogP contribution < -0.4 is 5.73 Å². The number of furan rings is 1. The van der Waals surface area contributed by atoms with E-state index in [-0.39, 0.29) is 6.04 Å². The number of benzene rings is 1. The predicted molar refractivity (Wildman–Crippen MR) is 100 cm³/mol. The lowest BCUT2D eigenvalue weighted by Gasteiger charge is -2.10. The minimum atomic E-state index is -0.0665. The lowest BCUT2D eigenvalue weighted by atomic mass is 10.0. The predicted octanol–water partition coefficient (Wildman–Crippen LogP) is 4.84. The maximum absolute atomic E-state index is 6.22. The lowest BCUT2D eigenvalue weighted by Crippen LogP contribution is -2.12. The number of aromatic amines is 1. The topological polar surface area (TPSA) is 77.1 Å². The van der Waals surface area contributed by atoms with E-state index in [2.05, 4.69) is 31.5 Å². The zero-order chi connectivity index (χ0) is 16.7. The zero-order valence-electron chi connectivity index (χ0n) is 13.0. The second kappa shape index (κ2) is 6.33. The standard InChI is InChI=1S/C17H16BrN3O2S/c1-22-5-4-12(19)9-2-3-11-13(6-9)23-17-15(20-21-16(11)17)10-7-14(18)24-8-10/h2-3,6-8,12H,4-5,19H2,1H3,(H,20,21). The van der Waals surface area contributed by atoms with Crippen LogP contribution in [-0.2, 0) is 4.74 Å². The van der Waals surface area contributed by atoms with Gasteiger partial charge in [0.25, 0.3) is 0 Å². The van der Waals surface area contributed by atoms with Crippen molar-refractivity contribution in [2.24, 2.45) is 5.73 Å². The monoisotopic (exact) mass is 405 g/mol. The van der Waals surface area contributed by atoms with Crippen LogP contribution >= 0.6 is 27.3 Å². The highest BCUT2D eigenvalue weighted by atomic mass is 79.9. The molecule has 1 atom stereocenters. The first-order valence-corrected chi connectivity index (χ1v) is 9.24. The molecule has 0 spiro atoms. The maximum atomic E-state index is 6.22. The van der Waals surface area contributed by atoms with E-state index < -0.39 is 0 Å². The number of fused-ring (bicyclic) bond motifs is 3. The molecule has 0 radical (unpaired) electrons. The molecule has 0 aliphatic rings. The molecule has 4 aromatic rings. The quantitative estimate of drug-likeness (QED) is 0.498. The van der Waals surface area contributed by atoms with Gasteiger partial charge in [-0.1, -0.05) is 6.07 Å². The molecule has 5 nitrogen and oxygen atoms in total. The summed E-state index contributed by atoms with van der Waals surface area (Å²) in [7, 11) is 1.68. The molecule has 124 valence electrons. The number of nitrogens with one attached hydrogen (secondary N) is 1. The summed E-state index contributed by atoms with van der Waals surface area (Å²) in [6.45, 7) is 0.638. The minimum absolute atomic E-state index is 0.0665. The Balaban J connectivity index is 1.78. The van der Waals surface area contributed by atoms with Gasteiger partial charge in [0, 0.05) is 36.1 Å². The number of ether oxygens (including phenoxy) is 1. The van der Waals surface area contributed by atoms with Crippen LogP contribution in [0.25, 0.3) is 33.3 Å². The van der Waals surface area contributed by atoms with Crippen molar-refractivity contribution in [3.8, 4) is 11.3 Å². The summed E-state index contributed by atoms with van der Waals surface area (Å²) in [5, 5.41) is 10.6. The summed E-state index contributed by atoms with van der Waals surface area (Å²) >= 11 is 5.11. The van der Waals surface area contributed by atoms with Crippen LogP contribution in [0.4, 0.5) is 0 Å². The van der Waals surface area contributed by atoms with Gasteiger partial charge in [-0.05, 0) is 46.1 Å². The van der Waals surface area contributed by atoms with E-state index in [0.717, 1.165) is 49.1 Å². The summed E-state index contributed by atoms with van der Waals surface area (Å²) in [6, 6.07) is 8.06. The summed E-state index contributed by atoms with van der Waals surface area (Å²) < 4.78 is 12.3. The van der Waals surface area contributed by atoms with Gasteiger partial charge in [-0.2, -0.15) is 5.10 Å². The number of methoxy groups -OCH3 is 1. The first kappa shape index (κ1) is 15.8. The van der Waals surface area contributed by atoms with E-state index >= 15 is 0 Å². The van der Waals surface area contributed by atoms with Crippen molar-refractivity contribution in [2.75, 3.05) is 13.7 Å². The molecule has 7 heteroatoms. The molecule has 1 unspecified atom stereocenters. The molecular formula is C17H16BrN3O2S. The Kier molecular flexibility index (Phi) is 4.17. The molecule has 4 rings (SSSR count). The number of hydrogen-bond acceptors (Lipinski definition) is 5. The van der Waals surface area contributed by atoms with Crippen LogP contribution in [0.5, 0.6) is 0 Å². The van der Waals surface area contributed by atoms with Crippen molar-refractivity contribution >= 4 is 49.3 Å². The SMILES string of the molecule is COCCC(N)c1ccc2c(c1)oc1c(-c3csc(Br)c3)n[nH]c12. The highest BCUT2D eigenvalue weighted by molar-refractivity contribution is 9.11. The molecule has 0 aliphatic heterocycles. The summed E-state index contributed by atoms with van der Waals surface area (Å²) in [6.07, 6.45) is 0.774. The van der Waals surface area contributed by atoms with E-state index in [1.54, 1.807) is 18.4 Å². The number of hydrogen-bond donors (Lipinski definition) is 2. The molecule has 0 saturated heterocycles. The maximum Gasteiger partial charge on any atom is 0.181 e. The first-order valence-electron chi connectivity index (χ1n) is 7.57. The normalized spacial score (nSPS) is 13.1. The fraction of sp³-hybridized carbons (Fsp3) is 0.235. The Morgan fingerprint density at radius 3 is 3.04 bits per heavy atom. The van der Waals surface area contributed by atoms with E-state index in [0.29, 0.717) is 6.61 Å². The van der Waals surface area contributed by atoms with Crippen molar-refractivity contribution in [3.63, 3.8) is 0 Å². The second-order valence-corrected chi connectivity index (χ2v) is 7.95. The highest BCUT2D eigenvalue weighted by Crippen LogP contribution is 2.37. The van der Waals surface area contributed by atoms with Gasteiger partial charge in [-0.25, -0.2) is 0 Å².